The molecule has 4 rings (SSSR count). The van der Waals surface area contributed by atoms with E-state index in [1.54, 1.807) is 12.4 Å². The Hall–Kier alpha value is -2.94. The third kappa shape index (κ3) is 2.62. The maximum Gasteiger partial charge on any atom is 0.266 e. The second kappa shape index (κ2) is 5.85. The topological polar surface area (TPSA) is 60.2 Å². The summed E-state index contributed by atoms with van der Waals surface area (Å²) in [6, 6.07) is 9.72. The van der Waals surface area contributed by atoms with Crippen LogP contribution in [0.4, 0.5) is 10.1 Å². The highest BCUT2D eigenvalue weighted by Crippen LogP contribution is 2.36. The summed E-state index contributed by atoms with van der Waals surface area (Å²) < 4.78 is 15.0. The molecule has 3 heterocycles. The van der Waals surface area contributed by atoms with Crippen LogP contribution in [0.2, 0.25) is 0 Å². The van der Waals surface area contributed by atoms with E-state index in [0.29, 0.717) is 19.5 Å². The molecule has 0 spiro atoms. The fraction of sp³-hybridized carbons (Fsp3) is 0.316. The first kappa shape index (κ1) is 15.6. The number of nitriles is 1. The van der Waals surface area contributed by atoms with E-state index in [0.717, 1.165) is 22.4 Å². The smallest absolute Gasteiger partial charge is 0.266 e. The number of carbonyl (C=O) groups is 1. The number of rotatable bonds is 2. The van der Waals surface area contributed by atoms with E-state index in [-0.39, 0.29) is 13.0 Å². The molecule has 2 aromatic rings. The number of halogens is 1. The first-order valence-corrected chi connectivity index (χ1v) is 8.30. The van der Waals surface area contributed by atoms with Gasteiger partial charge in [0.15, 0.2) is 6.19 Å². The quantitative estimate of drug-likeness (QED) is 0.791. The lowest BCUT2D eigenvalue weighted by Gasteiger charge is -2.25. The van der Waals surface area contributed by atoms with Gasteiger partial charge in [-0.2, -0.15) is 5.26 Å². The number of anilines is 1. The second-order valence-corrected chi connectivity index (χ2v) is 6.53. The Morgan fingerprint density at radius 2 is 2.16 bits per heavy atom. The van der Waals surface area contributed by atoms with Crippen LogP contribution in [0.25, 0.3) is 11.1 Å². The average molecular weight is 336 g/mol. The fourth-order valence-electron chi connectivity index (χ4n) is 3.60. The van der Waals surface area contributed by atoms with E-state index in [9.17, 15) is 4.79 Å². The van der Waals surface area contributed by atoms with Crippen molar-refractivity contribution >= 4 is 11.6 Å². The molecule has 5 nitrogen and oxygen atoms in total. The molecule has 0 saturated carbocycles. The molecule has 0 aliphatic carbocycles. The van der Waals surface area contributed by atoms with Crippen molar-refractivity contribution in [2.24, 2.45) is 0 Å². The molecule has 1 amide bonds. The molecular formula is C19H17FN4O. The molecule has 6 heteroatoms. The van der Waals surface area contributed by atoms with Crippen molar-refractivity contribution in [1.82, 2.24) is 9.88 Å². The summed E-state index contributed by atoms with van der Waals surface area (Å²) in [4.78, 5) is 19.7. The minimum atomic E-state index is -1.97. The van der Waals surface area contributed by atoms with Gasteiger partial charge in [0.25, 0.3) is 5.91 Å². The lowest BCUT2D eigenvalue weighted by Crippen LogP contribution is -2.47. The SMILES string of the molecule is N#CN1CCC(F)(C(=O)N2CCc3cc(-c4cccnc4)ccc32)C1. The highest BCUT2D eigenvalue weighted by molar-refractivity contribution is 6.01. The molecule has 2 aliphatic rings. The van der Waals surface area contributed by atoms with Crippen molar-refractivity contribution in [3.05, 3.63) is 48.3 Å². The predicted molar refractivity (Wildman–Crippen MR) is 91.4 cm³/mol. The van der Waals surface area contributed by atoms with E-state index in [1.807, 2.05) is 36.5 Å². The third-order valence-corrected chi connectivity index (χ3v) is 4.96. The molecule has 1 saturated heterocycles. The number of likely N-dealkylation sites (tertiary alicyclic amines) is 1. The summed E-state index contributed by atoms with van der Waals surface area (Å²) >= 11 is 0. The van der Waals surface area contributed by atoms with Gasteiger partial charge in [-0.3, -0.25) is 9.78 Å². The zero-order chi connectivity index (χ0) is 17.4. The molecule has 1 aromatic carbocycles. The highest BCUT2D eigenvalue weighted by atomic mass is 19.1. The Morgan fingerprint density at radius 1 is 1.28 bits per heavy atom. The molecule has 0 bridgehead atoms. The van der Waals surface area contributed by atoms with E-state index in [1.165, 1.54) is 9.80 Å². The van der Waals surface area contributed by atoms with E-state index < -0.39 is 11.6 Å². The molecule has 0 N–H and O–H groups in total. The molecule has 2 aliphatic heterocycles. The number of hydrogen-bond donors (Lipinski definition) is 0. The van der Waals surface area contributed by atoms with Gasteiger partial charge in [-0.1, -0.05) is 12.1 Å². The maximum atomic E-state index is 15.0. The van der Waals surface area contributed by atoms with Gasteiger partial charge in [-0.25, -0.2) is 4.39 Å². The largest absolute Gasteiger partial charge is 0.309 e. The number of nitrogens with zero attached hydrogens (tertiary/aromatic N) is 4. The van der Waals surface area contributed by atoms with Gasteiger partial charge in [0.1, 0.15) is 0 Å². The van der Waals surface area contributed by atoms with Crippen molar-refractivity contribution in [2.45, 2.75) is 18.5 Å². The van der Waals surface area contributed by atoms with Crippen LogP contribution in [0.15, 0.2) is 42.7 Å². The fourth-order valence-corrected chi connectivity index (χ4v) is 3.60. The lowest BCUT2D eigenvalue weighted by molar-refractivity contribution is -0.129. The van der Waals surface area contributed by atoms with E-state index >= 15 is 4.39 Å². The first-order chi connectivity index (χ1) is 12.1. The number of hydrogen-bond acceptors (Lipinski definition) is 4. The van der Waals surface area contributed by atoms with Crippen LogP contribution in [0.5, 0.6) is 0 Å². The molecule has 1 fully saturated rings. The minimum absolute atomic E-state index is 0.0684. The van der Waals surface area contributed by atoms with Crippen molar-refractivity contribution < 1.29 is 9.18 Å². The summed E-state index contributed by atoms with van der Waals surface area (Å²) in [6.07, 6.45) is 6.22. The van der Waals surface area contributed by atoms with Gasteiger partial charge in [0.2, 0.25) is 5.67 Å². The molecular weight excluding hydrogens is 319 g/mol. The van der Waals surface area contributed by atoms with Gasteiger partial charge in [-0.15, -0.1) is 0 Å². The Balaban J connectivity index is 1.60. The van der Waals surface area contributed by atoms with Crippen LogP contribution in [0.3, 0.4) is 0 Å². The van der Waals surface area contributed by atoms with Crippen molar-refractivity contribution in [3.63, 3.8) is 0 Å². The minimum Gasteiger partial charge on any atom is -0.309 e. The van der Waals surface area contributed by atoms with Crippen LogP contribution < -0.4 is 4.90 Å². The molecule has 1 aromatic heterocycles. The number of fused-ring (bicyclic) bond motifs is 1. The number of aromatic nitrogens is 1. The Kier molecular flexibility index (Phi) is 3.65. The summed E-state index contributed by atoms with van der Waals surface area (Å²) in [6.45, 7) is 0.615. The zero-order valence-electron chi connectivity index (χ0n) is 13.7. The zero-order valence-corrected chi connectivity index (χ0v) is 13.7. The summed E-state index contributed by atoms with van der Waals surface area (Å²) in [5.74, 6) is -0.530. The van der Waals surface area contributed by atoms with Gasteiger partial charge < -0.3 is 9.80 Å². The highest BCUT2D eigenvalue weighted by Gasteiger charge is 2.48. The molecule has 1 atom stereocenters. The van der Waals surface area contributed by atoms with Gasteiger partial charge in [0.05, 0.1) is 6.54 Å². The van der Waals surface area contributed by atoms with Crippen molar-refractivity contribution in [2.75, 3.05) is 24.5 Å². The molecule has 1 unspecified atom stereocenters. The van der Waals surface area contributed by atoms with E-state index in [2.05, 4.69) is 4.98 Å². The van der Waals surface area contributed by atoms with Crippen LogP contribution in [0.1, 0.15) is 12.0 Å². The molecule has 25 heavy (non-hydrogen) atoms. The van der Waals surface area contributed by atoms with Gasteiger partial charge in [-0.05, 0) is 41.3 Å². The lowest BCUT2D eigenvalue weighted by atomic mass is 10.0. The van der Waals surface area contributed by atoms with Crippen LogP contribution in [-0.2, 0) is 11.2 Å². The van der Waals surface area contributed by atoms with Crippen LogP contribution in [0, 0.1) is 11.5 Å². The second-order valence-electron chi connectivity index (χ2n) is 6.53. The summed E-state index contributed by atoms with van der Waals surface area (Å²) in [5.41, 5.74) is 1.88. The number of alkyl halides is 1. The number of pyridine rings is 1. The van der Waals surface area contributed by atoms with Crippen molar-refractivity contribution in [3.8, 4) is 17.3 Å². The predicted octanol–water partition coefficient (Wildman–Crippen LogP) is 2.53. The normalized spacial score (nSPS) is 21.9. The number of carbonyl (C=O) groups excluding carboxylic acids is 1. The van der Waals surface area contributed by atoms with Gasteiger partial charge in [0, 0.05) is 37.6 Å². The molecule has 0 radical (unpaired) electrons. The van der Waals surface area contributed by atoms with Gasteiger partial charge >= 0.3 is 0 Å². The van der Waals surface area contributed by atoms with E-state index in [4.69, 9.17) is 5.26 Å². The molecule has 126 valence electrons. The average Bonchev–Trinajstić information content (AvgIpc) is 3.25. The Morgan fingerprint density at radius 3 is 2.88 bits per heavy atom. The first-order valence-electron chi connectivity index (χ1n) is 8.30. The monoisotopic (exact) mass is 336 g/mol. The maximum absolute atomic E-state index is 15.0. The third-order valence-electron chi connectivity index (χ3n) is 4.96. The number of amides is 1. The Labute approximate surface area is 145 Å². The number of benzene rings is 1. The van der Waals surface area contributed by atoms with Crippen LogP contribution in [-0.4, -0.2) is 41.1 Å². The van der Waals surface area contributed by atoms with Crippen LogP contribution >= 0.6 is 0 Å². The summed E-state index contributed by atoms with van der Waals surface area (Å²) in [7, 11) is 0. The van der Waals surface area contributed by atoms with Crippen molar-refractivity contribution in [1.29, 1.82) is 5.26 Å². The summed E-state index contributed by atoms with van der Waals surface area (Å²) in [5, 5.41) is 8.92. The Bertz CT molecular complexity index is 863. The standard InChI is InChI=1S/C19H17FN4O/c20-19(6-9-23(12-19)13-21)18(25)24-8-5-15-10-14(3-4-17(15)24)16-2-1-7-22-11-16/h1-4,7,10-11H,5-6,8-9,12H2.